The zero-order valence-electron chi connectivity index (χ0n) is 22.4. The average molecular weight is 495 g/mol. The van der Waals surface area contributed by atoms with E-state index in [-0.39, 0.29) is 43.7 Å². The first-order valence-electron chi connectivity index (χ1n) is 15.0. The predicted molar refractivity (Wildman–Crippen MR) is 151 cm³/mol. The number of carbonyl (C=O) groups excluding carboxylic acids is 1. The Morgan fingerprint density at radius 3 is 1.03 bits per heavy atom. The van der Waals surface area contributed by atoms with Crippen molar-refractivity contribution in [2.75, 3.05) is 6.61 Å². The molecule has 0 aromatic heterocycles. The first kappa shape index (κ1) is 35.9. The Morgan fingerprint density at radius 2 is 0.697 bits per heavy atom. The molecule has 0 aliphatic carbocycles. The molecule has 196 valence electrons. The van der Waals surface area contributed by atoms with Crippen molar-refractivity contribution in [3.8, 4) is 0 Å². The molecular formula is C30H62CaO2. The molecule has 0 bridgehead atoms. The summed E-state index contributed by atoms with van der Waals surface area (Å²) in [5.41, 5.74) is 0. The summed E-state index contributed by atoms with van der Waals surface area (Å²) in [6.45, 7) is 5.19. The summed E-state index contributed by atoms with van der Waals surface area (Å²) in [7, 11) is 0. The Hall–Kier alpha value is 0.730. The van der Waals surface area contributed by atoms with Crippen molar-refractivity contribution >= 4 is 43.7 Å². The predicted octanol–water partition coefficient (Wildman–Crippen LogP) is 9.80. The molecule has 0 aliphatic heterocycles. The molecule has 0 radical (unpaired) electrons. The van der Waals surface area contributed by atoms with E-state index in [9.17, 15) is 4.79 Å². The van der Waals surface area contributed by atoms with Crippen LogP contribution in [-0.2, 0) is 9.53 Å². The van der Waals surface area contributed by atoms with Crippen molar-refractivity contribution in [2.45, 2.75) is 181 Å². The zero-order valence-corrected chi connectivity index (χ0v) is 22.4. The third-order valence-corrected chi connectivity index (χ3v) is 6.75. The second-order valence-corrected chi connectivity index (χ2v) is 10.1. The number of rotatable bonds is 27. The Morgan fingerprint density at radius 1 is 0.424 bits per heavy atom. The Kier molecular flexibility index (Phi) is 35.6. The number of carbonyl (C=O) groups is 1. The van der Waals surface area contributed by atoms with E-state index in [1.54, 1.807) is 0 Å². The van der Waals surface area contributed by atoms with Gasteiger partial charge in [0.25, 0.3) is 0 Å². The van der Waals surface area contributed by atoms with Crippen LogP contribution in [0.1, 0.15) is 181 Å². The molecule has 0 amide bonds. The van der Waals surface area contributed by atoms with Crippen molar-refractivity contribution in [2.24, 2.45) is 0 Å². The molecule has 2 nitrogen and oxygen atoms in total. The van der Waals surface area contributed by atoms with E-state index in [0.29, 0.717) is 13.0 Å². The van der Waals surface area contributed by atoms with Gasteiger partial charge in [0.1, 0.15) is 0 Å². The minimum atomic E-state index is 0. The summed E-state index contributed by atoms with van der Waals surface area (Å²) < 4.78 is 5.39. The summed E-state index contributed by atoms with van der Waals surface area (Å²) in [4.78, 5) is 11.8. The van der Waals surface area contributed by atoms with Crippen LogP contribution in [0, 0.1) is 0 Å². The topological polar surface area (TPSA) is 26.3 Å². The normalized spacial score (nSPS) is 10.8. The minimum absolute atomic E-state index is 0. The van der Waals surface area contributed by atoms with Gasteiger partial charge in [-0.15, -0.1) is 0 Å². The number of unbranched alkanes of at least 4 members (excludes halogenated alkanes) is 23. The zero-order chi connectivity index (χ0) is 23.4. The molecule has 33 heavy (non-hydrogen) atoms. The van der Waals surface area contributed by atoms with E-state index >= 15 is 0 Å². The molecule has 0 aliphatic rings. The van der Waals surface area contributed by atoms with Crippen LogP contribution in [-0.4, -0.2) is 50.3 Å². The number of hydrogen-bond donors (Lipinski definition) is 0. The van der Waals surface area contributed by atoms with E-state index in [1.165, 1.54) is 148 Å². The Bertz CT molecular complexity index is 359. The molecule has 0 aromatic carbocycles. The Labute approximate surface area is 239 Å². The third kappa shape index (κ3) is 32.7. The van der Waals surface area contributed by atoms with Gasteiger partial charge in [0.2, 0.25) is 0 Å². The Balaban J connectivity index is 0. The summed E-state index contributed by atoms with van der Waals surface area (Å²) in [5.74, 6) is 0.0237. The summed E-state index contributed by atoms with van der Waals surface area (Å²) in [6, 6.07) is 0. The van der Waals surface area contributed by atoms with Crippen LogP contribution in [0.2, 0.25) is 0 Å². The van der Waals surface area contributed by atoms with Gasteiger partial charge in [0.15, 0.2) is 0 Å². The third-order valence-electron chi connectivity index (χ3n) is 6.75. The molecule has 0 aromatic rings. The summed E-state index contributed by atoms with van der Waals surface area (Å²) in [5, 5.41) is 0. The molecule has 0 heterocycles. The van der Waals surface area contributed by atoms with Gasteiger partial charge in [0.05, 0.1) is 6.61 Å². The van der Waals surface area contributed by atoms with Gasteiger partial charge >= 0.3 is 43.7 Å². The molecule has 0 N–H and O–H groups in total. The maximum atomic E-state index is 11.8. The van der Waals surface area contributed by atoms with Gasteiger partial charge in [-0.25, -0.2) is 0 Å². The van der Waals surface area contributed by atoms with Crippen LogP contribution in [0.15, 0.2) is 0 Å². The average Bonchev–Trinajstić information content (AvgIpc) is 2.80. The summed E-state index contributed by atoms with van der Waals surface area (Å²) in [6.07, 6.45) is 34.2. The molecule has 0 unspecified atom stereocenters. The molecule has 0 saturated heterocycles. The van der Waals surface area contributed by atoms with Crippen molar-refractivity contribution in [1.82, 2.24) is 0 Å². The SMILES string of the molecule is CCCCCCCCCCCCCCCCCC(=O)OCCCCCCCCCCCC.[CaH2]. The van der Waals surface area contributed by atoms with Gasteiger partial charge in [-0.3, -0.25) is 4.79 Å². The molecule has 0 rings (SSSR count). The first-order chi connectivity index (χ1) is 15.8. The van der Waals surface area contributed by atoms with E-state index in [2.05, 4.69) is 13.8 Å². The molecule has 0 fully saturated rings. The number of hydrogen-bond acceptors (Lipinski definition) is 2. The van der Waals surface area contributed by atoms with E-state index in [1.807, 2.05) is 0 Å². The van der Waals surface area contributed by atoms with Gasteiger partial charge in [-0.2, -0.15) is 0 Å². The summed E-state index contributed by atoms with van der Waals surface area (Å²) >= 11 is 0. The van der Waals surface area contributed by atoms with Crippen LogP contribution in [0.4, 0.5) is 0 Å². The monoisotopic (exact) mass is 494 g/mol. The van der Waals surface area contributed by atoms with Crippen molar-refractivity contribution in [3.63, 3.8) is 0 Å². The first-order valence-corrected chi connectivity index (χ1v) is 15.0. The molecular weight excluding hydrogens is 432 g/mol. The maximum absolute atomic E-state index is 11.8. The van der Waals surface area contributed by atoms with Gasteiger partial charge < -0.3 is 4.74 Å². The van der Waals surface area contributed by atoms with E-state index < -0.39 is 0 Å². The van der Waals surface area contributed by atoms with Crippen LogP contribution >= 0.6 is 0 Å². The van der Waals surface area contributed by atoms with Crippen LogP contribution in [0.5, 0.6) is 0 Å². The van der Waals surface area contributed by atoms with Crippen LogP contribution in [0.3, 0.4) is 0 Å². The number of ether oxygens (including phenoxy) is 1. The molecule has 0 saturated carbocycles. The fourth-order valence-corrected chi connectivity index (χ4v) is 4.49. The van der Waals surface area contributed by atoms with Gasteiger partial charge in [-0.1, -0.05) is 162 Å². The molecule has 0 atom stereocenters. The fourth-order valence-electron chi connectivity index (χ4n) is 4.49. The molecule has 0 spiro atoms. The van der Waals surface area contributed by atoms with Crippen LogP contribution < -0.4 is 0 Å². The second-order valence-electron chi connectivity index (χ2n) is 10.1. The van der Waals surface area contributed by atoms with Gasteiger partial charge in [-0.05, 0) is 12.8 Å². The fraction of sp³-hybridized carbons (Fsp3) is 0.967. The second kappa shape index (κ2) is 32.7. The molecule has 3 heteroatoms. The van der Waals surface area contributed by atoms with Crippen molar-refractivity contribution < 1.29 is 9.53 Å². The standard InChI is InChI=1S/C30H60O2.Ca.2H/c1-3-5-7-9-11-13-15-16-17-18-19-20-22-24-26-28-30(31)32-29-27-25-23-21-14-12-10-8-6-4-2;;;/h3-29H2,1-2H3;;;. The van der Waals surface area contributed by atoms with E-state index in [4.69, 9.17) is 4.74 Å². The quantitative estimate of drug-likeness (QED) is 0.0645. The van der Waals surface area contributed by atoms with Crippen molar-refractivity contribution in [1.29, 1.82) is 0 Å². The van der Waals surface area contributed by atoms with Crippen LogP contribution in [0.25, 0.3) is 0 Å². The number of esters is 1. The van der Waals surface area contributed by atoms with Crippen molar-refractivity contribution in [3.05, 3.63) is 0 Å². The van der Waals surface area contributed by atoms with Gasteiger partial charge in [0, 0.05) is 6.42 Å². The van der Waals surface area contributed by atoms with E-state index in [0.717, 1.165) is 12.8 Å².